The van der Waals surface area contributed by atoms with Crippen LogP contribution >= 0.6 is 8.38 Å². The molecule has 3 aliphatic carbocycles. The Morgan fingerprint density at radius 2 is 1.97 bits per heavy atom. The van der Waals surface area contributed by atoms with Crippen LogP contribution in [0.3, 0.4) is 0 Å². The van der Waals surface area contributed by atoms with Gasteiger partial charge < -0.3 is 15.2 Å². The van der Waals surface area contributed by atoms with Crippen LogP contribution in [0.15, 0.2) is 23.8 Å². The van der Waals surface area contributed by atoms with Crippen molar-refractivity contribution in [2.24, 2.45) is 40.2 Å². The molecule has 3 fully saturated rings. The minimum atomic E-state index is -1.52. The van der Waals surface area contributed by atoms with E-state index in [9.17, 15) is 14.5 Å². The lowest BCUT2D eigenvalue weighted by Gasteiger charge is -2.59. The normalized spacial score (nSPS) is 41.8. The van der Waals surface area contributed by atoms with Crippen molar-refractivity contribution in [3.05, 3.63) is 23.8 Å². The predicted molar refractivity (Wildman–Crippen MR) is 128 cm³/mol. The molecule has 0 aliphatic heterocycles. The van der Waals surface area contributed by atoms with Crippen LogP contribution in [0.5, 0.6) is 0 Å². The molecule has 8 atom stereocenters. The summed E-state index contributed by atoms with van der Waals surface area (Å²) >= 11 is 0. The molecule has 3 rings (SSSR count). The van der Waals surface area contributed by atoms with Crippen molar-refractivity contribution in [2.75, 3.05) is 13.3 Å². The van der Waals surface area contributed by atoms with Gasteiger partial charge in [0.05, 0.1) is 0 Å². The van der Waals surface area contributed by atoms with Gasteiger partial charge in [0.1, 0.15) is 12.9 Å². The first-order valence-corrected chi connectivity index (χ1v) is 13.5. The molecule has 0 radical (unpaired) electrons. The Bertz CT molecular complexity index is 706. The minimum absolute atomic E-state index is 0.00246. The highest BCUT2D eigenvalue weighted by molar-refractivity contribution is 7.45. The number of aldehydes is 1. The number of fused-ring (bicyclic) bond motifs is 3. The number of rotatable bonds is 6. The lowest BCUT2D eigenvalue weighted by atomic mass is 9.46. The molecule has 0 bridgehead atoms. The van der Waals surface area contributed by atoms with Crippen LogP contribution in [0.1, 0.15) is 66.7 Å². The summed E-state index contributed by atoms with van der Waals surface area (Å²) in [6.07, 6.45) is 11.6. The Kier molecular flexibility index (Phi) is 9.22. The van der Waals surface area contributed by atoms with Crippen LogP contribution in [0.25, 0.3) is 0 Å². The van der Waals surface area contributed by atoms with Gasteiger partial charge in [0.25, 0.3) is 0 Å². The first kappa shape index (κ1) is 26.4. The smallest absolute Gasteiger partial charge is 0.164 e. The maximum absolute atomic E-state index is 12.9. The summed E-state index contributed by atoms with van der Waals surface area (Å²) in [4.78, 5) is 33.6. The SMILES string of the molecule is C/C=C\C1(C)/C(=C\C=O)CCC2C1C(N)CC1(C)C(C(=O)COP(C)O)CCC21.CC. The van der Waals surface area contributed by atoms with Gasteiger partial charge in [-0.3, -0.25) is 9.59 Å². The van der Waals surface area contributed by atoms with Gasteiger partial charge >= 0.3 is 0 Å². The molecule has 0 heterocycles. The lowest BCUT2D eigenvalue weighted by Crippen LogP contribution is -2.58. The van der Waals surface area contributed by atoms with Crippen molar-refractivity contribution in [3.8, 4) is 0 Å². The number of hydrogen-bond donors (Lipinski definition) is 2. The maximum atomic E-state index is 12.9. The van der Waals surface area contributed by atoms with E-state index in [-0.39, 0.29) is 41.1 Å². The number of Topliss-reactive ketones (excluding diaryl/α,β-unsaturated/α-hetero) is 1. The first-order valence-electron chi connectivity index (χ1n) is 11.8. The first-order chi connectivity index (χ1) is 14.7. The molecule has 6 heteroatoms. The molecule has 0 aromatic rings. The zero-order valence-electron chi connectivity index (χ0n) is 20.1. The van der Waals surface area contributed by atoms with E-state index >= 15 is 0 Å². The highest BCUT2D eigenvalue weighted by Crippen LogP contribution is 2.65. The summed E-state index contributed by atoms with van der Waals surface area (Å²) in [5, 5.41) is 0. The largest absolute Gasteiger partial charge is 0.350 e. The van der Waals surface area contributed by atoms with E-state index in [4.69, 9.17) is 10.3 Å². The van der Waals surface area contributed by atoms with E-state index in [1.165, 1.54) is 5.57 Å². The molecular weight excluding hydrogens is 409 g/mol. The van der Waals surface area contributed by atoms with Gasteiger partial charge in [0.15, 0.2) is 14.2 Å². The van der Waals surface area contributed by atoms with E-state index in [0.717, 1.165) is 38.4 Å². The third-order valence-corrected chi connectivity index (χ3v) is 8.72. The molecule has 5 nitrogen and oxygen atoms in total. The monoisotopic (exact) mass is 451 g/mol. The zero-order valence-corrected chi connectivity index (χ0v) is 21.0. The van der Waals surface area contributed by atoms with E-state index in [1.807, 2.05) is 20.8 Å². The summed E-state index contributed by atoms with van der Waals surface area (Å²) in [6, 6.07) is -0.0201. The topological polar surface area (TPSA) is 89.6 Å². The van der Waals surface area contributed by atoms with E-state index < -0.39 is 8.38 Å². The van der Waals surface area contributed by atoms with Gasteiger partial charge in [-0.1, -0.05) is 45.4 Å². The second-order valence-corrected chi connectivity index (χ2v) is 10.8. The number of ketones is 1. The molecule has 3 saturated carbocycles. The highest BCUT2D eigenvalue weighted by Gasteiger charge is 2.61. The van der Waals surface area contributed by atoms with E-state index in [0.29, 0.717) is 11.8 Å². The standard InChI is InChI=1S/C23H36NO4P.C2H6/c1-5-11-22(2)15(10-12-25)6-7-16-17-8-9-18(20(26)14-28-29(4)27)23(17,3)13-19(24)21(16)22;1-2/h5,10-12,16-19,21,27H,6-9,13-14,24H2,1-4H3;1-2H3/b11-5-,15-10-;. The highest BCUT2D eigenvalue weighted by atomic mass is 31.2. The van der Waals surface area contributed by atoms with Crippen molar-refractivity contribution in [2.45, 2.75) is 72.8 Å². The fraction of sp³-hybridized carbons (Fsp3) is 0.760. The van der Waals surface area contributed by atoms with Gasteiger partial charge in [-0.05, 0) is 68.3 Å². The molecular formula is C25H42NO4P. The molecule has 0 amide bonds. The van der Waals surface area contributed by atoms with Crippen LogP contribution in [0, 0.1) is 34.5 Å². The molecule has 31 heavy (non-hydrogen) atoms. The summed E-state index contributed by atoms with van der Waals surface area (Å²) in [5.41, 5.74) is 7.71. The molecule has 0 saturated heterocycles. The van der Waals surface area contributed by atoms with Crippen molar-refractivity contribution in [1.29, 1.82) is 0 Å². The Hall–Kier alpha value is -0.870. The van der Waals surface area contributed by atoms with E-state index in [2.05, 4.69) is 26.0 Å². The summed E-state index contributed by atoms with van der Waals surface area (Å²) in [7, 11) is -1.52. The molecule has 176 valence electrons. The number of hydrogen-bond acceptors (Lipinski definition) is 5. The quantitative estimate of drug-likeness (QED) is 0.256. The van der Waals surface area contributed by atoms with Crippen molar-refractivity contribution >= 4 is 20.4 Å². The fourth-order valence-corrected chi connectivity index (χ4v) is 7.55. The van der Waals surface area contributed by atoms with Gasteiger partial charge in [0, 0.05) is 24.0 Å². The van der Waals surface area contributed by atoms with Gasteiger partial charge in [-0.25, -0.2) is 0 Å². The van der Waals surface area contributed by atoms with Crippen LogP contribution < -0.4 is 5.73 Å². The average Bonchev–Trinajstić information content (AvgIpc) is 3.06. The van der Waals surface area contributed by atoms with Crippen molar-refractivity contribution in [1.82, 2.24) is 0 Å². The van der Waals surface area contributed by atoms with Crippen LogP contribution in [0.2, 0.25) is 0 Å². The van der Waals surface area contributed by atoms with Gasteiger partial charge in [-0.15, -0.1) is 0 Å². The average molecular weight is 452 g/mol. The van der Waals surface area contributed by atoms with Crippen LogP contribution in [0.4, 0.5) is 0 Å². The zero-order chi connectivity index (χ0) is 23.4. The maximum Gasteiger partial charge on any atom is 0.164 e. The fourth-order valence-electron chi connectivity index (χ4n) is 7.24. The molecule has 8 unspecified atom stereocenters. The third kappa shape index (κ3) is 4.90. The molecule has 0 spiro atoms. The molecule has 3 N–H and O–H groups in total. The predicted octanol–water partition coefficient (Wildman–Crippen LogP) is 5.03. The lowest BCUT2D eigenvalue weighted by molar-refractivity contribution is -0.132. The van der Waals surface area contributed by atoms with Gasteiger partial charge in [0.2, 0.25) is 0 Å². The summed E-state index contributed by atoms with van der Waals surface area (Å²) < 4.78 is 5.27. The van der Waals surface area contributed by atoms with Crippen molar-refractivity contribution < 1.29 is 19.0 Å². The second kappa shape index (κ2) is 10.8. The number of carbonyl (C=O) groups excluding carboxylic acids is 2. The number of carbonyl (C=O) groups is 2. The Morgan fingerprint density at radius 1 is 1.29 bits per heavy atom. The number of nitrogens with two attached hydrogens (primary N) is 1. The molecule has 0 aromatic heterocycles. The van der Waals surface area contributed by atoms with Gasteiger partial charge in [-0.2, -0.15) is 0 Å². The Balaban J connectivity index is 0.00000166. The molecule has 0 aromatic carbocycles. The van der Waals surface area contributed by atoms with Crippen LogP contribution in [-0.4, -0.2) is 36.3 Å². The van der Waals surface area contributed by atoms with Crippen LogP contribution in [-0.2, 0) is 14.1 Å². The summed E-state index contributed by atoms with van der Waals surface area (Å²) in [5.74, 6) is 1.25. The molecule has 3 aliphatic rings. The minimum Gasteiger partial charge on any atom is -0.350 e. The summed E-state index contributed by atoms with van der Waals surface area (Å²) in [6.45, 7) is 12.1. The Labute approximate surface area is 189 Å². The van der Waals surface area contributed by atoms with Crippen molar-refractivity contribution in [3.63, 3.8) is 0 Å². The van der Waals surface area contributed by atoms with E-state index in [1.54, 1.807) is 12.7 Å². The third-order valence-electron chi connectivity index (χ3n) is 8.22. The Morgan fingerprint density at radius 3 is 2.55 bits per heavy atom. The number of allylic oxidation sites excluding steroid dienone is 4. The second-order valence-electron chi connectivity index (χ2n) is 9.65.